The first-order valence-corrected chi connectivity index (χ1v) is 7.13. The molecule has 4 heteroatoms. The van der Waals surface area contributed by atoms with Gasteiger partial charge >= 0.3 is 5.97 Å². The molecule has 0 spiro atoms. The Morgan fingerprint density at radius 3 is 2.35 bits per heavy atom. The van der Waals surface area contributed by atoms with Crippen molar-refractivity contribution < 1.29 is 14.6 Å². The fraction of sp³-hybridized carbons (Fsp3) is 0.188. The lowest BCUT2D eigenvalue weighted by Crippen LogP contribution is -2.00. The number of carboxylic acids is 1. The average Bonchev–Trinajstić information content (AvgIpc) is 2.47. The number of aromatic carboxylic acids is 1. The summed E-state index contributed by atoms with van der Waals surface area (Å²) in [4.78, 5) is 13.1. The van der Waals surface area contributed by atoms with E-state index in [0.717, 1.165) is 16.2 Å². The molecular formula is C16H16O3S. The maximum absolute atomic E-state index is 11.0. The minimum Gasteiger partial charge on any atom is -0.496 e. The van der Waals surface area contributed by atoms with Crippen molar-refractivity contribution in [2.45, 2.75) is 23.1 Å². The Labute approximate surface area is 122 Å². The zero-order chi connectivity index (χ0) is 14.5. The van der Waals surface area contributed by atoms with Crippen LogP contribution in [0.4, 0.5) is 0 Å². The van der Waals surface area contributed by atoms with Gasteiger partial charge in [-0.1, -0.05) is 30.8 Å². The van der Waals surface area contributed by atoms with E-state index >= 15 is 0 Å². The Bertz CT molecular complexity index is 606. The third kappa shape index (κ3) is 3.33. The third-order valence-electron chi connectivity index (χ3n) is 2.97. The highest BCUT2D eigenvalue weighted by Gasteiger charge is 2.11. The average molecular weight is 288 g/mol. The minimum absolute atomic E-state index is 0.179. The van der Waals surface area contributed by atoms with E-state index in [9.17, 15) is 4.79 Å². The van der Waals surface area contributed by atoms with E-state index in [1.165, 1.54) is 12.7 Å². The van der Waals surface area contributed by atoms with Gasteiger partial charge in [-0.05, 0) is 42.3 Å². The lowest BCUT2D eigenvalue weighted by Gasteiger charge is -2.08. The summed E-state index contributed by atoms with van der Waals surface area (Å²) in [6.45, 7) is 2.12. The summed E-state index contributed by atoms with van der Waals surface area (Å²) >= 11 is 1.58. The minimum atomic E-state index is -0.981. The summed E-state index contributed by atoms with van der Waals surface area (Å²) in [5.41, 5.74) is 1.48. The van der Waals surface area contributed by atoms with Crippen molar-refractivity contribution in [3.63, 3.8) is 0 Å². The Balaban J connectivity index is 2.22. The van der Waals surface area contributed by atoms with E-state index in [1.54, 1.807) is 30.0 Å². The first-order chi connectivity index (χ1) is 9.63. The maximum Gasteiger partial charge on any atom is 0.339 e. The molecule has 0 aromatic heterocycles. The van der Waals surface area contributed by atoms with Crippen LogP contribution < -0.4 is 4.74 Å². The molecule has 0 atom stereocenters. The van der Waals surface area contributed by atoms with Crippen molar-refractivity contribution >= 4 is 17.7 Å². The summed E-state index contributed by atoms with van der Waals surface area (Å²) in [7, 11) is 1.48. The molecule has 0 fully saturated rings. The van der Waals surface area contributed by atoms with Crippen LogP contribution in [0, 0.1) is 0 Å². The van der Waals surface area contributed by atoms with Crippen LogP contribution in [0.5, 0.6) is 5.75 Å². The fourth-order valence-electron chi connectivity index (χ4n) is 1.84. The topological polar surface area (TPSA) is 46.5 Å². The Morgan fingerprint density at radius 1 is 1.15 bits per heavy atom. The molecule has 0 bridgehead atoms. The van der Waals surface area contributed by atoms with Gasteiger partial charge in [0, 0.05) is 9.79 Å². The summed E-state index contributed by atoms with van der Waals surface area (Å²) in [5.74, 6) is -0.599. The first-order valence-electron chi connectivity index (χ1n) is 6.32. The van der Waals surface area contributed by atoms with E-state index in [1.807, 2.05) is 0 Å². The van der Waals surface area contributed by atoms with Crippen LogP contribution in [0.15, 0.2) is 52.3 Å². The molecule has 2 aromatic carbocycles. The highest BCUT2D eigenvalue weighted by Crippen LogP contribution is 2.32. The van der Waals surface area contributed by atoms with E-state index in [-0.39, 0.29) is 5.56 Å². The van der Waals surface area contributed by atoms with Crippen molar-refractivity contribution in [3.05, 3.63) is 53.6 Å². The quantitative estimate of drug-likeness (QED) is 0.899. The molecule has 104 valence electrons. The molecule has 1 N–H and O–H groups in total. The predicted molar refractivity (Wildman–Crippen MR) is 79.9 cm³/mol. The third-order valence-corrected chi connectivity index (χ3v) is 3.97. The summed E-state index contributed by atoms with van der Waals surface area (Å²) in [5, 5.41) is 9.05. The van der Waals surface area contributed by atoms with E-state index in [4.69, 9.17) is 9.84 Å². The smallest absolute Gasteiger partial charge is 0.339 e. The molecular weight excluding hydrogens is 272 g/mol. The molecule has 0 saturated carbocycles. The second-order valence-electron chi connectivity index (χ2n) is 4.27. The van der Waals surface area contributed by atoms with Crippen molar-refractivity contribution in [3.8, 4) is 5.75 Å². The second kappa shape index (κ2) is 6.48. The first kappa shape index (κ1) is 14.5. The molecule has 0 aliphatic carbocycles. The molecule has 3 nitrogen and oxygen atoms in total. The Hall–Kier alpha value is -1.94. The SMILES string of the molecule is CCc1ccc(Sc2ccc(C(=O)O)c(OC)c2)cc1. The largest absolute Gasteiger partial charge is 0.496 e. The lowest BCUT2D eigenvalue weighted by molar-refractivity contribution is 0.0693. The Morgan fingerprint density at radius 2 is 1.80 bits per heavy atom. The van der Waals surface area contributed by atoms with Crippen LogP contribution in [-0.4, -0.2) is 18.2 Å². The van der Waals surface area contributed by atoms with E-state index in [2.05, 4.69) is 31.2 Å². The Kier molecular flexibility index (Phi) is 4.69. The normalized spacial score (nSPS) is 10.3. The maximum atomic E-state index is 11.0. The number of hydrogen-bond acceptors (Lipinski definition) is 3. The van der Waals surface area contributed by atoms with Gasteiger partial charge in [0.1, 0.15) is 11.3 Å². The fourth-order valence-corrected chi connectivity index (χ4v) is 2.69. The predicted octanol–water partition coefficient (Wildman–Crippen LogP) is 4.11. The van der Waals surface area contributed by atoms with Gasteiger partial charge in [0.15, 0.2) is 0 Å². The van der Waals surface area contributed by atoms with E-state index < -0.39 is 5.97 Å². The zero-order valence-corrected chi connectivity index (χ0v) is 12.2. The molecule has 0 aliphatic rings. The summed E-state index contributed by atoms with van der Waals surface area (Å²) in [6, 6.07) is 13.5. The molecule has 0 amide bonds. The van der Waals surface area contributed by atoms with Crippen molar-refractivity contribution in [2.75, 3.05) is 7.11 Å². The zero-order valence-electron chi connectivity index (χ0n) is 11.4. The van der Waals surface area contributed by atoms with Crippen LogP contribution >= 0.6 is 11.8 Å². The number of ether oxygens (including phenoxy) is 1. The molecule has 20 heavy (non-hydrogen) atoms. The summed E-state index contributed by atoms with van der Waals surface area (Å²) < 4.78 is 5.13. The molecule has 2 rings (SSSR count). The van der Waals surface area contributed by atoms with Gasteiger partial charge in [-0.15, -0.1) is 0 Å². The number of rotatable bonds is 5. The standard InChI is InChI=1S/C16H16O3S/c1-3-11-4-6-12(7-5-11)20-13-8-9-14(16(17)18)15(10-13)19-2/h4-10H,3H2,1-2H3,(H,17,18). The molecule has 0 unspecified atom stereocenters. The monoisotopic (exact) mass is 288 g/mol. The van der Waals surface area contributed by atoms with Crippen molar-refractivity contribution in [1.82, 2.24) is 0 Å². The molecule has 0 heterocycles. The lowest BCUT2D eigenvalue weighted by atomic mass is 10.2. The number of carbonyl (C=O) groups is 1. The van der Waals surface area contributed by atoms with E-state index in [0.29, 0.717) is 5.75 Å². The number of benzene rings is 2. The molecule has 2 aromatic rings. The van der Waals surface area contributed by atoms with Crippen molar-refractivity contribution in [1.29, 1.82) is 0 Å². The van der Waals surface area contributed by atoms with Gasteiger partial charge < -0.3 is 9.84 Å². The number of aryl methyl sites for hydroxylation is 1. The van der Waals surface area contributed by atoms with Crippen molar-refractivity contribution in [2.24, 2.45) is 0 Å². The van der Waals surface area contributed by atoms with Gasteiger partial charge in [0.25, 0.3) is 0 Å². The van der Waals surface area contributed by atoms with Crippen LogP contribution in [0.1, 0.15) is 22.8 Å². The highest BCUT2D eigenvalue weighted by molar-refractivity contribution is 7.99. The highest BCUT2D eigenvalue weighted by atomic mass is 32.2. The van der Waals surface area contributed by atoms with Gasteiger partial charge in [0.05, 0.1) is 7.11 Å². The van der Waals surface area contributed by atoms with Gasteiger partial charge in [-0.25, -0.2) is 4.79 Å². The second-order valence-corrected chi connectivity index (χ2v) is 5.41. The van der Waals surface area contributed by atoms with Gasteiger partial charge in [0.2, 0.25) is 0 Å². The van der Waals surface area contributed by atoms with Gasteiger partial charge in [-0.2, -0.15) is 0 Å². The summed E-state index contributed by atoms with van der Waals surface area (Å²) in [6.07, 6.45) is 1.02. The van der Waals surface area contributed by atoms with Crippen LogP contribution in [0.2, 0.25) is 0 Å². The number of methoxy groups -OCH3 is 1. The van der Waals surface area contributed by atoms with Crippen LogP contribution in [-0.2, 0) is 6.42 Å². The number of carboxylic acid groups (broad SMARTS) is 1. The molecule has 0 saturated heterocycles. The molecule has 0 aliphatic heterocycles. The van der Waals surface area contributed by atoms with Crippen LogP contribution in [0.3, 0.4) is 0 Å². The number of hydrogen-bond donors (Lipinski definition) is 1. The molecule has 0 radical (unpaired) electrons. The van der Waals surface area contributed by atoms with Gasteiger partial charge in [-0.3, -0.25) is 0 Å². The van der Waals surface area contributed by atoms with Crippen LogP contribution in [0.25, 0.3) is 0 Å².